The Morgan fingerprint density at radius 2 is 0.721 bits per heavy atom. The number of rotatable bonds is 44. The summed E-state index contributed by atoms with van der Waals surface area (Å²) in [6, 6.07) is 0. The van der Waals surface area contributed by atoms with Crippen molar-refractivity contribution >= 4 is 17.9 Å². The number of carbonyl (C=O) groups is 3. The van der Waals surface area contributed by atoms with Gasteiger partial charge in [0.15, 0.2) is 6.10 Å². The van der Waals surface area contributed by atoms with E-state index in [1.807, 2.05) is 0 Å². The predicted octanol–water partition coefficient (Wildman–Crippen LogP) is 16.4. The Balaban J connectivity index is 4.40. The summed E-state index contributed by atoms with van der Waals surface area (Å²) in [5.41, 5.74) is 0. The van der Waals surface area contributed by atoms with Crippen molar-refractivity contribution in [3.63, 3.8) is 0 Å². The molecule has 6 heteroatoms. The molecule has 348 valence electrons. The van der Waals surface area contributed by atoms with E-state index in [4.69, 9.17) is 14.2 Å². The topological polar surface area (TPSA) is 78.9 Å². The first kappa shape index (κ1) is 57.6. The molecular formula is C55H92O6. The maximum atomic E-state index is 12.8. The fourth-order valence-corrected chi connectivity index (χ4v) is 6.73. The van der Waals surface area contributed by atoms with E-state index in [1.165, 1.54) is 64.2 Å². The van der Waals surface area contributed by atoms with Gasteiger partial charge in [0.2, 0.25) is 0 Å². The second-order valence-electron chi connectivity index (χ2n) is 16.4. The lowest BCUT2D eigenvalue weighted by Gasteiger charge is -2.18. The minimum Gasteiger partial charge on any atom is -0.462 e. The molecule has 0 N–H and O–H groups in total. The Bertz CT molecular complexity index is 1200. The van der Waals surface area contributed by atoms with E-state index < -0.39 is 6.10 Å². The first-order valence-electron chi connectivity index (χ1n) is 25.1. The Kier molecular flexibility index (Phi) is 46.5. The van der Waals surface area contributed by atoms with Crippen LogP contribution in [0.1, 0.15) is 226 Å². The van der Waals surface area contributed by atoms with E-state index in [2.05, 4.69) is 106 Å². The van der Waals surface area contributed by atoms with E-state index in [0.29, 0.717) is 19.3 Å². The lowest BCUT2D eigenvalue weighted by Crippen LogP contribution is -2.30. The molecule has 0 aromatic heterocycles. The molecule has 0 aromatic rings. The van der Waals surface area contributed by atoms with Gasteiger partial charge in [-0.25, -0.2) is 0 Å². The third-order valence-electron chi connectivity index (χ3n) is 10.5. The highest BCUT2D eigenvalue weighted by molar-refractivity contribution is 5.71. The van der Waals surface area contributed by atoms with E-state index >= 15 is 0 Å². The normalized spacial score (nSPS) is 12.8. The number of allylic oxidation sites excluding steroid dienone is 14. The molecule has 6 nitrogen and oxygen atoms in total. The fraction of sp³-hybridized carbons (Fsp3) is 0.691. The number of esters is 3. The molecule has 1 atom stereocenters. The van der Waals surface area contributed by atoms with Gasteiger partial charge in [-0.15, -0.1) is 0 Å². The molecule has 0 amide bonds. The number of hydrogen-bond donors (Lipinski definition) is 0. The maximum Gasteiger partial charge on any atom is 0.306 e. The number of hydrogen-bond acceptors (Lipinski definition) is 6. The standard InChI is InChI=1S/C55H92O6/c1-4-7-10-13-16-19-22-24-25-26-27-28-29-31-33-36-39-42-45-48-54(57)60-51-52(50-59-53(56)47-44-41-38-35-32-21-18-15-12-9-6-3)61-55(58)49-46-43-40-37-34-30-23-20-17-14-11-8-5-2/h7-8,10-11,14,16-17,19-20,23-25,27-28,52H,4-6,9,12-13,15,18,21-22,26,29-51H2,1-3H3/b10-7-,11-8-,17-14-,19-16-,23-20-,25-24-,28-27-. The van der Waals surface area contributed by atoms with Crippen molar-refractivity contribution in [2.75, 3.05) is 13.2 Å². The molecule has 0 heterocycles. The van der Waals surface area contributed by atoms with Crippen molar-refractivity contribution in [1.82, 2.24) is 0 Å². The van der Waals surface area contributed by atoms with Crippen LogP contribution < -0.4 is 0 Å². The van der Waals surface area contributed by atoms with Crippen LogP contribution in [0.25, 0.3) is 0 Å². The van der Waals surface area contributed by atoms with E-state index in [0.717, 1.165) is 122 Å². The molecule has 0 rings (SSSR count). The zero-order chi connectivity index (χ0) is 44.4. The second kappa shape index (κ2) is 49.2. The summed E-state index contributed by atoms with van der Waals surface area (Å²) >= 11 is 0. The summed E-state index contributed by atoms with van der Waals surface area (Å²) < 4.78 is 16.7. The summed E-state index contributed by atoms with van der Waals surface area (Å²) in [6.45, 7) is 6.35. The van der Waals surface area contributed by atoms with Crippen LogP contribution in [-0.4, -0.2) is 37.2 Å². The molecule has 61 heavy (non-hydrogen) atoms. The summed E-state index contributed by atoms with van der Waals surface area (Å²) in [7, 11) is 0. The Labute approximate surface area is 375 Å². The molecule has 0 spiro atoms. The SMILES string of the molecule is CC\C=C/C=C\C=C/CCCCCCCC(=O)OC(COC(=O)CCCCCCCC/C=C\C/C=C\C/C=C\C/C=C\CC)COC(=O)CCCCCCCCCCCCC. The van der Waals surface area contributed by atoms with Crippen LogP contribution in [0.2, 0.25) is 0 Å². The second-order valence-corrected chi connectivity index (χ2v) is 16.4. The van der Waals surface area contributed by atoms with Gasteiger partial charge in [0, 0.05) is 19.3 Å². The van der Waals surface area contributed by atoms with Crippen molar-refractivity contribution in [2.45, 2.75) is 232 Å². The van der Waals surface area contributed by atoms with Crippen LogP contribution in [0.5, 0.6) is 0 Å². The summed E-state index contributed by atoms with van der Waals surface area (Å²) in [5.74, 6) is -0.927. The average molecular weight is 849 g/mol. The zero-order valence-electron chi connectivity index (χ0n) is 39.7. The highest BCUT2D eigenvalue weighted by Gasteiger charge is 2.19. The van der Waals surface area contributed by atoms with Crippen molar-refractivity contribution < 1.29 is 28.6 Å². The molecule has 0 saturated heterocycles. The van der Waals surface area contributed by atoms with Gasteiger partial charge >= 0.3 is 17.9 Å². The third-order valence-corrected chi connectivity index (χ3v) is 10.5. The largest absolute Gasteiger partial charge is 0.462 e. The van der Waals surface area contributed by atoms with Crippen molar-refractivity contribution in [3.05, 3.63) is 85.1 Å². The van der Waals surface area contributed by atoms with Crippen LogP contribution in [0, 0.1) is 0 Å². The van der Waals surface area contributed by atoms with Crippen molar-refractivity contribution in [3.8, 4) is 0 Å². The van der Waals surface area contributed by atoms with Gasteiger partial charge in [-0.3, -0.25) is 14.4 Å². The smallest absolute Gasteiger partial charge is 0.306 e. The summed E-state index contributed by atoms with van der Waals surface area (Å²) in [6.07, 6.45) is 62.8. The van der Waals surface area contributed by atoms with Crippen molar-refractivity contribution in [2.24, 2.45) is 0 Å². The molecule has 0 saturated carbocycles. The van der Waals surface area contributed by atoms with Crippen molar-refractivity contribution in [1.29, 1.82) is 0 Å². The number of unbranched alkanes of at least 4 members (excludes halogenated alkanes) is 21. The van der Waals surface area contributed by atoms with Gasteiger partial charge < -0.3 is 14.2 Å². The Hall–Kier alpha value is -3.41. The highest BCUT2D eigenvalue weighted by atomic mass is 16.6. The van der Waals surface area contributed by atoms with E-state index in [1.54, 1.807) is 0 Å². The minimum atomic E-state index is -0.791. The monoisotopic (exact) mass is 849 g/mol. The Morgan fingerprint density at radius 3 is 1.18 bits per heavy atom. The lowest BCUT2D eigenvalue weighted by molar-refractivity contribution is -0.167. The quantitative estimate of drug-likeness (QED) is 0.0200. The Morgan fingerprint density at radius 1 is 0.361 bits per heavy atom. The van der Waals surface area contributed by atoms with Gasteiger partial charge in [-0.1, -0.05) is 215 Å². The van der Waals surface area contributed by atoms with Gasteiger partial charge in [0.05, 0.1) is 0 Å². The number of carbonyl (C=O) groups excluding carboxylic acids is 3. The third kappa shape index (κ3) is 47.5. The molecule has 0 fully saturated rings. The van der Waals surface area contributed by atoms with Gasteiger partial charge in [0.1, 0.15) is 13.2 Å². The van der Waals surface area contributed by atoms with E-state index in [-0.39, 0.29) is 31.1 Å². The lowest BCUT2D eigenvalue weighted by atomic mass is 10.1. The molecule has 0 aromatic carbocycles. The molecule has 0 bridgehead atoms. The van der Waals surface area contributed by atoms with Gasteiger partial charge in [-0.2, -0.15) is 0 Å². The zero-order valence-corrected chi connectivity index (χ0v) is 39.7. The summed E-state index contributed by atoms with van der Waals surface area (Å²) in [5, 5.41) is 0. The van der Waals surface area contributed by atoms with Crippen LogP contribution in [0.3, 0.4) is 0 Å². The highest BCUT2D eigenvalue weighted by Crippen LogP contribution is 2.14. The van der Waals surface area contributed by atoms with E-state index in [9.17, 15) is 14.4 Å². The first-order valence-corrected chi connectivity index (χ1v) is 25.1. The first-order chi connectivity index (χ1) is 30.0. The predicted molar refractivity (Wildman–Crippen MR) is 261 cm³/mol. The molecule has 0 aliphatic heterocycles. The van der Waals surface area contributed by atoms with Crippen LogP contribution in [0.15, 0.2) is 85.1 Å². The average Bonchev–Trinajstić information content (AvgIpc) is 3.26. The van der Waals surface area contributed by atoms with Gasteiger partial charge in [-0.05, 0) is 77.0 Å². The van der Waals surface area contributed by atoms with Crippen LogP contribution >= 0.6 is 0 Å². The molecular weight excluding hydrogens is 757 g/mol. The molecule has 0 aliphatic rings. The molecule has 0 radical (unpaired) electrons. The summed E-state index contributed by atoms with van der Waals surface area (Å²) in [4.78, 5) is 37.9. The van der Waals surface area contributed by atoms with Crippen LogP contribution in [-0.2, 0) is 28.6 Å². The molecule has 1 unspecified atom stereocenters. The minimum absolute atomic E-state index is 0.0889. The van der Waals surface area contributed by atoms with Crippen LogP contribution in [0.4, 0.5) is 0 Å². The molecule has 0 aliphatic carbocycles. The number of ether oxygens (including phenoxy) is 3. The van der Waals surface area contributed by atoms with Gasteiger partial charge in [0.25, 0.3) is 0 Å². The fourth-order valence-electron chi connectivity index (χ4n) is 6.73. The maximum absolute atomic E-state index is 12.8.